The Morgan fingerprint density at radius 3 is 1.38 bits per heavy atom. The van der Waals surface area contributed by atoms with Gasteiger partial charge in [0.15, 0.2) is 0 Å². The van der Waals surface area contributed by atoms with Crippen molar-refractivity contribution in [3.8, 4) is 0 Å². The maximum atomic E-state index is 13.3. The smallest absolute Gasteiger partial charge is 0.339 e. The Morgan fingerprint density at radius 1 is 0.638 bits per heavy atom. The van der Waals surface area contributed by atoms with Crippen LogP contribution in [0.15, 0.2) is 48.6 Å². The van der Waals surface area contributed by atoms with Crippen molar-refractivity contribution in [1.82, 2.24) is 0 Å². The number of esters is 4. The Morgan fingerprint density at radius 2 is 1.02 bits per heavy atom. The van der Waals surface area contributed by atoms with Gasteiger partial charge in [-0.25, -0.2) is 9.59 Å². The van der Waals surface area contributed by atoms with Gasteiger partial charge in [-0.05, 0) is 162 Å². The first-order valence-corrected chi connectivity index (χ1v) is 22.4. The summed E-state index contributed by atoms with van der Waals surface area (Å²) in [5.74, 6) is 0.696. The predicted octanol–water partition coefficient (Wildman–Crippen LogP) is 11.5. The quantitative estimate of drug-likeness (QED) is 0.0924. The fraction of sp³-hybridized carbons (Fsp3) is 0.720. The molecule has 0 heterocycles. The molecule has 0 aliphatic heterocycles. The molecule has 58 heavy (non-hydrogen) atoms. The molecule has 10 atom stereocenters. The second-order valence-corrected chi connectivity index (χ2v) is 19.9. The molecule has 4 fully saturated rings. The monoisotopic (exact) mass is 803 g/mol. The summed E-state index contributed by atoms with van der Waals surface area (Å²) in [6, 6.07) is 6.74. The van der Waals surface area contributed by atoms with Crippen molar-refractivity contribution in [3.63, 3.8) is 0 Å². The van der Waals surface area contributed by atoms with Crippen molar-refractivity contribution >= 4 is 23.9 Å². The molecule has 1 aromatic rings. The molecule has 4 aliphatic rings. The van der Waals surface area contributed by atoms with E-state index in [1.807, 2.05) is 0 Å². The van der Waals surface area contributed by atoms with Gasteiger partial charge in [0.25, 0.3) is 0 Å². The second-order valence-electron chi connectivity index (χ2n) is 19.9. The molecular formula is C50H74O8. The van der Waals surface area contributed by atoms with Gasteiger partial charge in [0, 0.05) is 0 Å². The summed E-state index contributed by atoms with van der Waals surface area (Å²) >= 11 is 0. The topological polar surface area (TPSA) is 105 Å². The summed E-state index contributed by atoms with van der Waals surface area (Å²) in [5, 5.41) is 0. The Labute approximate surface area is 349 Å². The zero-order valence-electron chi connectivity index (χ0n) is 37.2. The van der Waals surface area contributed by atoms with Crippen LogP contribution in [0.3, 0.4) is 0 Å². The van der Waals surface area contributed by atoms with Crippen molar-refractivity contribution < 1.29 is 38.1 Å². The molecular weight excluding hydrogens is 729 g/mol. The first-order chi connectivity index (χ1) is 27.5. The first kappa shape index (κ1) is 45.7. The van der Waals surface area contributed by atoms with Crippen LogP contribution >= 0.6 is 0 Å². The standard InChI is InChI=1S/C50H74O8/c1-33(17-21-39-35(3)19-23-41-47(39,5)27-13-29-49(41,7)45(53)55-9)25-31-57-43(51)37-15-11-12-16-38(37)44(52)58-32-26-34(2)18-22-40-36(4)20-24-42-48(40,6)28-14-30-50(42,8)46(54)56-10/h11-12,15-16,33-34,39-42H,3-4,13-14,17-32H2,1-2,5-10H3/t33-,34-,39+,40+,41?,42?,47-,48-,49+,50+/m1/s1. The highest BCUT2D eigenvalue weighted by Gasteiger charge is 2.59. The van der Waals surface area contributed by atoms with E-state index >= 15 is 0 Å². The molecule has 5 rings (SSSR count). The number of carbonyl (C=O) groups is 4. The van der Waals surface area contributed by atoms with E-state index in [0.717, 1.165) is 89.9 Å². The number of ether oxygens (including phenoxy) is 4. The first-order valence-electron chi connectivity index (χ1n) is 22.4. The SMILES string of the molecule is C=C1CCC2[C@](C)(CCC[C@]2(C)C(=O)OC)[C@H]1CC[C@@H](C)CCOC(=O)c1ccccc1C(=O)OCC[C@H](C)CC[C@H]1C(=C)CCC2[C@]1(C)CCC[C@]2(C)C(=O)OC. The third kappa shape index (κ3) is 9.16. The number of hydrogen-bond acceptors (Lipinski definition) is 8. The van der Waals surface area contributed by atoms with Crippen molar-refractivity contribution in [2.45, 2.75) is 144 Å². The highest BCUT2D eigenvalue weighted by atomic mass is 16.5. The molecule has 0 saturated heterocycles. The summed E-state index contributed by atoms with van der Waals surface area (Å²) in [5.41, 5.74) is 2.16. The number of carbonyl (C=O) groups excluding carboxylic acids is 4. The van der Waals surface area contributed by atoms with E-state index in [-0.39, 0.29) is 58.9 Å². The molecule has 0 aromatic heterocycles. The Balaban J connectivity index is 1.07. The maximum absolute atomic E-state index is 13.3. The number of rotatable bonds is 16. The van der Waals surface area contributed by atoms with Gasteiger partial charge in [0.05, 0.1) is 49.4 Å². The van der Waals surface area contributed by atoms with Crippen LogP contribution in [0.1, 0.15) is 165 Å². The van der Waals surface area contributed by atoms with Gasteiger partial charge in [0.2, 0.25) is 0 Å². The van der Waals surface area contributed by atoms with E-state index < -0.39 is 22.8 Å². The van der Waals surface area contributed by atoms with E-state index in [1.54, 1.807) is 24.3 Å². The van der Waals surface area contributed by atoms with Crippen LogP contribution in [0.2, 0.25) is 0 Å². The lowest BCUT2D eigenvalue weighted by atomic mass is 9.46. The Hall–Kier alpha value is -3.42. The van der Waals surface area contributed by atoms with Crippen molar-refractivity contribution in [1.29, 1.82) is 0 Å². The highest BCUT2D eigenvalue weighted by Crippen LogP contribution is 2.63. The van der Waals surface area contributed by atoms with E-state index in [1.165, 1.54) is 25.4 Å². The van der Waals surface area contributed by atoms with E-state index in [2.05, 4.69) is 54.7 Å². The second kappa shape index (κ2) is 18.9. The van der Waals surface area contributed by atoms with E-state index in [0.29, 0.717) is 36.5 Å². The maximum Gasteiger partial charge on any atom is 0.339 e. The highest BCUT2D eigenvalue weighted by molar-refractivity contribution is 6.03. The van der Waals surface area contributed by atoms with Gasteiger partial charge in [0.1, 0.15) is 0 Å². The fourth-order valence-corrected chi connectivity index (χ4v) is 12.8. The van der Waals surface area contributed by atoms with E-state index in [4.69, 9.17) is 18.9 Å². The molecule has 4 aliphatic carbocycles. The number of methoxy groups -OCH3 is 2. The third-order valence-corrected chi connectivity index (χ3v) is 16.3. The lowest BCUT2D eigenvalue weighted by molar-refractivity contribution is -0.168. The largest absolute Gasteiger partial charge is 0.469 e. The molecule has 8 heteroatoms. The zero-order chi connectivity index (χ0) is 42.5. The normalized spacial score (nSPS) is 33.2. The van der Waals surface area contributed by atoms with Crippen LogP contribution in [0.4, 0.5) is 0 Å². The minimum atomic E-state index is -0.515. The molecule has 1 aromatic carbocycles. The average Bonchev–Trinajstić information content (AvgIpc) is 3.19. The van der Waals surface area contributed by atoms with Gasteiger partial charge in [-0.3, -0.25) is 9.59 Å². The molecule has 0 N–H and O–H groups in total. The minimum Gasteiger partial charge on any atom is -0.469 e. The molecule has 8 nitrogen and oxygen atoms in total. The van der Waals surface area contributed by atoms with Crippen LogP contribution < -0.4 is 0 Å². The van der Waals surface area contributed by atoms with E-state index in [9.17, 15) is 19.2 Å². The lowest BCUT2D eigenvalue weighted by Gasteiger charge is -2.57. The number of allylic oxidation sites excluding steroid dienone is 2. The van der Waals surface area contributed by atoms with Gasteiger partial charge < -0.3 is 18.9 Å². The molecule has 322 valence electrons. The molecule has 0 spiro atoms. The van der Waals surface area contributed by atoms with Crippen molar-refractivity contribution in [2.24, 2.45) is 57.2 Å². The van der Waals surface area contributed by atoms with Gasteiger partial charge in [-0.2, -0.15) is 0 Å². The zero-order valence-corrected chi connectivity index (χ0v) is 37.2. The molecule has 4 saturated carbocycles. The predicted molar refractivity (Wildman–Crippen MR) is 228 cm³/mol. The fourth-order valence-electron chi connectivity index (χ4n) is 12.8. The summed E-state index contributed by atoms with van der Waals surface area (Å²) in [7, 11) is 3.01. The van der Waals surface area contributed by atoms with Crippen LogP contribution in [0.25, 0.3) is 0 Å². The Bertz CT molecular complexity index is 1560. The van der Waals surface area contributed by atoms with Gasteiger partial charge in [-0.15, -0.1) is 0 Å². The van der Waals surface area contributed by atoms with Crippen molar-refractivity contribution in [3.05, 3.63) is 59.7 Å². The van der Waals surface area contributed by atoms with Crippen LogP contribution in [0.5, 0.6) is 0 Å². The minimum absolute atomic E-state index is 0.0118. The van der Waals surface area contributed by atoms with Gasteiger partial charge in [-0.1, -0.05) is 77.0 Å². The number of hydrogen-bond donors (Lipinski definition) is 0. The van der Waals surface area contributed by atoms with Crippen LogP contribution in [-0.2, 0) is 28.5 Å². The number of benzene rings is 1. The van der Waals surface area contributed by atoms with Crippen LogP contribution in [0, 0.1) is 57.2 Å². The van der Waals surface area contributed by atoms with Crippen LogP contribution in [-0.4, -0.2) is 51.3 Å². The molecule has 2 unspecified atom stereocenters. The Kier molecular flexibility index (Phi) is 14.9. The summed E-state index contributed by atoms with van der Waals surface area (Å²) < 4.78 is 22.1. The van der Waals surface area contributed by atoms with Gasteiger partial charge >= 0.3 is 23.9 Å². The summed E-state index contributed by atoms with van der Waals surface area (Å²) in [6.07, 6.45) is 15.2. The van der Waals surface area contributed by atoms with Crippen molar-refractivity contribution in [2.75, 3.05) is 27.4 Å². The lowest BCUT2D eigenvalue weighted by Crippen LogP contribution is -2.53. The summed E-state index contributed by atoms with van der Waals surface area (Å²) in [6.45, 7) is 22.9. The molecule has 0 radical (unpaired) electrons. The summed E-state index contributed by atoms with van der Waals surface area (Å²) in [4.78, 5) is 52.5. The third-order valence-electron chi connectivity index (χ3n) is 16.3. The molecule has 0 bridgehead atoms. The molecule has 0 amide bonds. The number of fused-ring (bicyclic) bond motifs is 2. The average molecular weight is 803 g/mol.